The fourth-order valence-electron chi connectivity index (χ4n) is 1.79. The Morgan fingerprint density at radius 1 is 1.16 bits per heavy atom. The summed E-state index contributed by atoms with van der Waals surface area (Å²) in [6.45, 7) is 0. The molecule has 6 heteroatoms. The molecule has 3 rings (SSSR count). The minimum absolute atomic E-state index is 0.0500. The maximum Gasteiger partial charge on any atom is 0.356 e. The van der Waals surface area contributed by atoms with Gasteiger partial charge in [0.1, 0.15) is 0 Å². The van der Waals surface area contributed by atoms with Crippen molar-refractivity contribution in [2.24, 2.45) is 0 Å². The molecular weight excluding hydrogens is 310 g/mol. The zero-order valence-corrected chi connectivity index (χ0v) is 11.2. The van der Waals surface area contributed by atoms with Crippen LogP contribution in [0.1, 0.15) is 10.5 Å². The van der Waals surface area contributed by atoms with Crippen molar-refractivity contribution in [2.45, 2.75) is 0 Å². The van der Waals surface area contributed by atoms with Crippen molar-refractivity contribution in [3.05, 3.63) is 52.8 Å². The van der Waals surface area contributed by atoms with Crippen LogP contribution >= 0.6 is 15.9 Å². The summed E-state index contributed by atoms with van der Waals surface area (Å²) in [4.78, 5) is 15.1. The van der Waals surface area contributed by atoms with Gasteiger partial charge >= 0.3 is 5.97 Å². The van der Waals surface area contributed by atoms with Crippen LogP contribution in [0.2, 0.25) is 0 Å². The average Bonchev–Trinajstić information content (AvgIpc) is 2.82. The van der Waals surface area contributed by atoms with E-state index in [9.17, 15) is 4.79 Å². The fourth-order valence-corrected chi connectivity index (χ4v) is 2.06. The summed E-state index contributed by atoms with van der Waals surface area (Å²) in [6.07, 6.45) is 1.30. The number of carbonyl (C=O) groups is 1. The van der Waals surface area contributed by atoms with E-state index in [-0.39, 0.29) is 5.69 Å². The van der Waals surface area contributed by atoms with E-state index in [1.165, 1.54) is 10.7 Å². The second-order valence-electron chi connectivity index (χ2n) is 3.94. The molecule has 0 fully saturated rings. The first-order valence-electron chi connectivity index (χ1n) is 5.49. The minimum atomic E-state index is -1.05. The Balaban J connectivity index is 2.17. The largest absolute Gasteiger partial charge is 0.476 e. The van der Waals surface area contributed by atoms with Gasteiger partial charge in [-0.2, -0.15) is 5.10 Å². The molecule has 0 radical (unpaired) electrons. The van der Waals surface area contributed by atoms with Crippen LogP contribution in [-0.2, 0) is 0 Å². The number of halogens is 1. The Morgan fingerprint density at radius 2 is 1.89 bits per heavy atom. The predicted molar refractivity (Wildman–Crippen MR) is 73.1 cm³/mol. The van der Waals surface area contributed by atoms with E-state index in [0.717, 1.165) is 10.0 Å². The average molecular weight is 318 g/mol. The fraction of sp³-hybridized carbons (Fsp3) is 0. The Hall–Kier alpha value is -2.21. The molecule has 1 aromatic carbocycles. The smallest absolute Gasteiger partial charge is 0.356 e. The third-order valence-electron chi connectivity index (χ3n) is 2.72. The van der Waals surface area contributed by atoms with Gasteiger partial charge in [-0.15, -0.1) is 0 Å². The number of fused-ring (bicyclic) bond motifs is 1. The van der Waals surface area contributed by atoms with E-state index in [4.69, 9.17) is 5.11 Å². The summed E-state index contributed by atoms with van der Waals surface area (Å²) >= 11 is 3.37. The molecule has 5 nitrogen and oxygen atoms in total. The maximum atomic E-state index is 11.1. The summed E-state index contributed by atoms with van der Waals surface area (Å²) in [5, 5.41) is 13.4. The highest BCUT2D eigenvalue weighted by molar-refractivity contribution is 9.10. The van der Waals surface area contributed by atoms with Crippen LogP contribution < -0.4 is 0 Å². The van der Waals surface area contributed by atoms with Crippen molar-refractivity contribution in [1.29, 1.82) is 0 Å². The molecule has 3 aromatic rings. The third-order valence-corrected chi connectivity index (χ3v) is 3.25. The number of aromatic carboxylic acids is 1. The van der Waals surface area contributed by atoms with E-state index >= 15 is 0 Å². The summed E-state index contributed by atoms with van der Waals surface area (Å²) < 4.78 is 2.31. The van der Waals surface area contributed by atoms with Gasteiger partial charge in [0.15, 0.2) is 11.3 Å². The molecule has 0 aliphatic carbocycles. The maximum absolute atomic E-state index is 11.1. The van der Waals surface area contributed by atoms with Gasteiger partial charge in [-0.3, -0.25) is 0 Å². The number of rotatable bonds is 2. The van der Waals surface area contributed by atoms with Crippen LogP contribution in [-0.4, -0.2) is 25.7 Å². The molecule has 0 saturated heterocycles. The van der Waals surface area contributed by atoms with E-state index in [1.807, 2.05) is 30.3 Å². The van der Waals surface area contributed by atoms with Gasteiger partial charge in [0, 0.05) is 10.0 Å². The number of carboxylic acids is 1. The molecule has 0 spiro atoms. The first kappa shape index (κ1) is 11.9. The van der Waals surface area contributed by atoms with Crippen LogP contribution in [0.4, 0.5) is 0 Å². The number of carboxylic acid groups (broad SMARTS) is 1. The molecule has 19 heavy (non-hydrogen) atoms. The quantitative estimate of drug-likeness (QED) is 0.789. The van der Waals surface area contributed by atoms with Crippen molar-refractivity contribution < 1.29 is 9.90 Å². The van der Waals surface area contributed by atoms with E-state index in [1.54, 1.807) is 6.07 Å². The first-order chi connectivity index (χ1) is 9.15. The van der Waals surface area contributed by atoms with Crippen LogP contribution in [0, 0.1) is 0 Å². The molecule has 0 saturated carbocycles. The molecule has 1 N–H and O–H groups in total. The highest BCUT2D eigenvalue weighted by Crippen LogP contribution is 2.20. The van der Waals surface area contributed by atoms with Crippen molar-refractivity contribution in [2.75, 3.05) is 0 Å². The Bertz CT molecular complexity index is 765. The highest BCUT2D eigenvalue weighted by atomic mass is 79.9. The van der Waals surface area contributed by atoms with E-state index in [2.05, 4.69) is 26.0 Å². The van der Waals surface area contributed by atoms with Crippen LogP contribution in [0.3, 0.4) is 0 Å². The van der Waals surface area contributed by atoms with Gasteiger partial charge in [-0.1, -0.05) is 28.1 Å². The Kier molecular flexibility index (Phi) is 2.79. The predicted octanol–water partition coefficient (Wildman–Crippen LogP) is 2.86. The van der Waals surface area contributed by atoms with Gasteiger partial charge < -0.3 is 5.11 Å². The summed E-state index contributed by atoms with van der Waals surface area (Å²) in [5.74, 6) is -1.05. The molecule has 94 valence electrons. The third kappa shape index (κ3) is 2.10. The first-order valence-corrected chi connectivity index (χ1v) is 6.28. The van der Waals surface area contributed by atoms with Gasteiger partial charge in [0.25, 0.3) is 0 Å². The molecule has 0 aliphatic heterocycles. The standard InChI is InChI=1S/C13H8BrN3O2/c14-9-3-1-8(2-4-9)10-5-6-12-15-7-11(13(18)19)17(12)16-10/h1-7H,(H,18,19). The number of imidazole rings is 1. The van der Waals surface area contributed by atoms with Crippen LogP contribution in [0.25, 0.3) is 16.9 Å². The SMILES string of the molecule is O=C(O)c1cnc2ccc(-c3ccc(Br)cc3)nn12. The van der Waals surface area contributed by atoms with Crippen molar-refractivity contribution in [3.8, 4) is 11.3 Å². The lowest BCUT2D eigenvalue weighted by Crippen LogP contribution is -2.05. The molecular formula is C13H8BrN3O2. The normalized spacial score (nSPS) is 10.8. The molecule has 0 atom stereocenters. The number of hydrogen-bond donors (Lipinski definition) is 1. The van der Waals surface area contributed by atoms with Gasteiger partial charge in [-0.05, 0) is 24.3 Å². The van der Waals surface area contributed by atoms with E-state index in [0.29, 0.717) is 11.3 Å². The lowest BCUT2D eigenvalue weighted by molar-refractivity contribution is 0.0688. The molecule has 0 aliphatic rings. The molecule has 0 unspecified atom stereocenters. The van der Waals surface area contributed by atoms with Gasteiger partial charge in [-0.25, -0.2) is 14.3 Å². The zero-order chi connectivity index (χ0) is 13.4. The number of hydrogen-bond acceptors (Lipinski definition) is 3. The van der Waals surface area contributed by atoms with Crippen LogP contribution in [0.15, 0.2) is 47.1 Å². The molecule has 2 aromatic heterocycles. The van der Waals surface area contributed by atoms with Gasteiger partial charge in [0.2, 0.25) is 0 Å². The molecule has 0 bridgehead atoms. The number of aromatic nitrogens is 3. The summed E-state index contributed by atoms with van der Waals surface area (Å²) in [7, 11) is 0. The minimum Gasteiger partial charge on any atom is -0.476 e. The number of nitrogens with zero attached hydrogens (tertiary/aromatic N) is 3. The second-order valence-corrected chi connectivity index (χ2v) is 4.86. The van der Waals surface area contributed by atoms with Crippen LogP contribution in [0.5, 0.6) is 0 Å². The lowest BCUT2D eigenvalue weighted by Gasteiger charge is -2.02. The van der Waals surface area contributed by atoms with Gasteiger partial charge in [0.05, 0.1) is 11.9 Å². The monoisotopic (exact) mass is 317 g/mol. The van der Waals surface area contributed by atoms with E-state index < -0.39 is 5.97 Å². The molecule has 0 amide bonds. The van der Waals surface area contributed by atoms with Crippen molar-refractivity contribution in [3.63, 3.8) is 0 Å². The lowest BCUT2D eigenvalue weighted by atomic mass is 10.1. The Morgan fingerprint density at radius 3 is 2.58 bits per heavy atom. The second kappa shape index (κ2) is 4.47. The highest BCUT2D eigenvalue weighted by Gasteiger charge is 2.12. The topological polar surface area (TPSA) is 67.5 Å². The Labute approximate surface area is 116 Å². The van der Waals surface area contributed by atoms with Crippen molar-refractivity contribution >= 4 is 27.5 Å². The molecule has 2 heterocycles. The number of benzene rings is 1. The van der Waals surface area contributed by atoms with Crippen molar-refractivity contribution in [1.82, 2.24) is 14.6 Å². The summed E-state index contributed by atoms with van der Waals surface area (Å²) in [6, 6.07) is 11.2. The zero-order valence-electron chi connectivity index (χ0n) is 9.62. The summed E-state index contributed by atoms with van der Waals surface area (Å²) in [5.41, 5.74) is 2.17.